The van der Waals surface area contributed by atoms with Crippen LogP contribution in [0.25, 0.3) is 16.2 Å². The molecular formula is C46H67N5O4. The van der Waals surface area contributed by atoms with E-state index in [-0.39, 0.29) is 45.1 Å². The topological polar surface area (TPSA) is 117 Å². The average Bonchev–Trinajstić information content (AvgIpc) is 3.60. The molecule has 300 valence electrons. The van der Waals surface area contributed by atoms with Crippen LogP contribution in [-0.4, -0.2) is 57.3 Å². The average molecular weight is 754 g/mol. The fourth-order valence-corrected chi connectivity index (χ4v) is 13.0. The number of fused-ring (bicyclic) bond motifs is 3. The second-order valence-corrected chi connectivity index (χ2v) is 21.2. The third-order valence-corrected chi connectivity index (χ3v) is 17.5. The highest BCUT2D eigenvalue weighted by atomic mass is 16.5. The zero-order valence-electron chi connectivity index (χ0n) is 35.4. The summed E-state index contributed by atoms with van der Waals surface area (Å²) in [6.07, 6.45) is 9.41. The quantitative estimate of drug-likeness (QED) is 0.204. The normalized spacial score (nSPS) is 40.1. The number of aromatic nitrogens is 3. The van der Waals surface area contributed by atoms with Gasteiger partial charge in [0, 0.05) is 21.9 Å². The van der Waals surface area contributed by atoms with Crippen molar-refractivity contribution in [3.8, 4) is 11.4 Å². The number of ether oxygens (including phenoxy) is 2. The molecule has 2 aromatic rings. The molecule has 9 heteroatoms. The molecule has 1 aromatic carbocycles. The molecule has 2 bridgehead atoms. The number of allylic oxidation sites excluding steroid dienone is 1. The molecule has 3 saturated carbocycles. The Morgan fingerprint density at radius 1 is 1.11 bits per heavy atom. The molecule has 55 heavy (non-hydrogen) atoms. The summed E-state index contributed by atoms with van der Waals surface area (Å²) < 4.78 is 16.1. The zero-order valence-corrected chi connectivity index (χ0v) is 35.4. The molecule has 5 aliphatic rings. The molecule has 0 unspecified atom stereocenters. The Hall–Kier alpha value is -3.06. The fraction of sp³-hybridized carbons (Fsp3) is 0.739. The highest BCUT2D eigenvalue weighted by Gasteiger charge is 2.72. The lowest BCUT2D eigenvalue weighted by Gasteiger charge is -2.71. The lowest BCUT2D eigenvalue weighted by Crippen LogP contribution is -2.69. The van der Waals surface area contributed by atoms with Gasteiger partial charge in [-0.3, -0.25) is 4.79 Å². The number of carbonyl (C=O) groups is 1. The number of carboxylic acid groups (broad SMARTS) is 1. The Kier molecular flexibility index (Phi) is 9.67. The number of carboxylic acids is 1. The number of nitrogens with zero attached hydrogens (tertiary/aromatic N) is 4. The van der Waals surface area contributed by atoms with E-state index in [1.165, 1.54) is 5.57 Å². The van der Waals surface area contributed by atoms with Crippen LogP contribution >= 0.6 is 0 Å². The number of aliphatic carboxylic acids is 1. The first-order valence-electron chi connectivity index (χ1n) is 20.9. The summed E-state index contributed by atoms with van der Waals surface area (Å²) in [5, 5.41) is 16.1. The first-order valence-corrected chi connectivity index (χ1v) is 20.9. The van der Waals surface area contributed by atoms with Crippen molar-refractivity contribution in [1.29, 1.82) is 0 Å². The second-order valence-electron chi connectivity index (χ2n) is 21.2. The van der Waals surface area contributed by atoms with Crippen molar-refractivity contribution in [2.75, 3.05) is 19.8 Å². The lowest BCUT2D eigenvalue weighted by atomic mass is 9.34. The summed E-state index contributed by atoms with van der Waals surface area (Å²) in [7, 11) is 0. The van der Waals surface area contributed by atoms with Crippen molar-refractivity contribution in [2.24, 2.45) is 67.8 Å². The van der Waals surface area contributed by atoms with Crippen molar-refractivity contribution in [2.45, 2.75) is 132 Å². The minimum atomic E-state index is -0.637. The summed E-state index contributed by atoms with van der Waals surface area (Å²) in [5.74, 6) is 0.915. The number of rotatable bonds is 8. The molecule has 3 N–H and O–H groups in total. The molecule has 9 nitrogen and oxygen atoms in total. The Labute approximate surface area is 330 Å². The van der Waals surface area contributed by atoms with E-state index in [2.05, 4.69) is 91.8 Å². The van der Waals surface area contributed by atoms with Gasteiger partial charge in [-0.2, -0.15) is 5.10 Å². The minimum Gasteiger partial charge on any atom is -0.481 e. The number of hydrogen-bond acceptors (Lipinski definition) is 6. The van der Waals surface area contributed by atoms with Gasteiger partial charge in [0.1, 0.15) is 6.33 Å². The standard InChI is InChI=1S/C46H67N5O4/c1-28(2)29(3)41(7)20-21-43(9)32-16-17-35-42(8)24-54-26-46(35,33(32)18-19-44(43,10)36(41)39(52)53)23-34(37(42)55-25-45(11,47)40(4,5)6)51-38(49-27-50-51)30-14-13-15-31(22-30)48-12/h13-15,18,22,27-29,32,34-37H,16-17,19-21,23-26,47H2,1-11H3,(H,52,53)/t29-,32+,34-,35+,36-,37+,41-,42+,43-,44+,45+,46+/m1/s1. The minimum absolute atomic E-state index is 0.177. The molecule has 2 heterocycles. The van der Waals surface area contributed by atoms with E-state index in [0.717, 1.165) is 49.9 Å². The highest BCUT2D eigenvalue weighted by molar-refractivity contribution is 5.73. The first kappa shape index (κ1) is 40.1. The van der Waals surface area contributed by atoms with Crippen molar-refractivity contribution >= 4 is 11.7 Å². The SMILES string of the molecule is [C-]#[N+]c1cccc(-c2ncnn2[C@@H]2C[C@@]34COC[C@@](C)([C@@H]3CC[C@H]3C4=CC[C@@]4(C)[C@H](C(=O)O)[C@@](C)([C@H](C)C(C)C)CC[C@]34C)[C@H]2OC[C@](C)(N)C(C)(C)C)c1. The van der Waals surface area contributed by atoms with Gasteiger partial charge in [-0.05, 0) is 96.8 Å². The second kappa shape index (κ2) is 13.2. The molecular weight excluding hydrogens is 687 g/mol. The van der Waals surface area contributed by atoms with Crippen LogP contribution in [0.3, 0.4) is 0 Å². The van der Waals surface area contributed by atoms with Gasteiger partial charge in [-0.1, -0.05) is 99.1 Å². The van der Waals surface area contributed by atoms with Gasteiger partial charge in [0.05, 0.1) is 44.5 Å². The van der Waals surface area contributed by atoms with Crippen LogP contribution < -0.4 is 5.73 Å². The fourth-order valence-electron chi connectivity index (χ4n) is 13.0. The van der Waals surface area contributed by atoms with E-state index in [1.807, 2.05) is 24.3 Å². The molecule has 0 radical (unpaired) electrons. The molecule has 4 fully saturated rings. The first-order chi connectivity index (χ1) is 25.6. The predicted molar refractivity (Wildman–Crippen MR) is 216 cm³/mol. The predicted octanol–water partition coefficient (Wildman–Crippen LogP) is 9.77. The van der Waals surface area contributed by atoms with E-state index in [4.69, 9.17) is 31.9 Å². The van der Waals surface area contributed by atoms with E-state index in [9.17, 15) is 9.90 Å². The van der Waals surface area contributed by atoms with Crippen LogP contribution in [0.4, 0.5) is 5.69 Å². The van der Waals surface area contributed by atoms with Crippen molar-refractivity contribution in [3.05, 3.63) is 53.7 Å². The van der Waals surface area contributed by atoms with Gasteiger partial charge < -0.3 is 20.3 Å². The molecule has 1 aliphatic heterocycles. The van der Waals surface area contributed by atoms with Gasteiger partial charge in [-0.25, -0.2) is 14.5 Å². The van der Waals surface area contributed by atoms with Gasteiger partial charge in [0.15, 0.2) is 11.5 Å². The van der Waals surface area contributed by atoms with Gasteiger partial charge in [-0.15, -0.1) is 0 Å². The summed E-state index contributed by atoms with van der Waals surface area (Å²) in [6, 6.07) is 7.46. The van der Waals surface area contributed by atoms with Crippen LogP contribution in [0.15, 0.2) is 42.2 Å². The Bertz CT molecular complexity index is 1890. The Morgan fingerprint density at radius 3 is 2.49 bits per heavy atom. The number of nitrogens with two attached hydrogens (primary N) is 1. The molecule has 7 rings (SSSR count). The van der Waals surface area contributed by atoms with E-state index in [0.29, 0.717) is 43.3 Å². The van der Waals surface area contributed by atoms with Crippen LogP contribution in [0.2, 0.25) is 0 Å². The van der Waals surface area contributed by atoms with E-state index in [1.54, 1.807) is 6.33 Å². The third kappa shape index (κ3) is 5.73. The molecule has 1 saturated heterocycles. The van der Waals surface area contributed by atoms with Gasteiger partial charge >= 0.3 is 5.97 Å². The van der Waals surface area contributed by atoms with E-state index >= 15 is 0 Å². The summed E-state index contributed by atoms with van der Waals surface area (Å²) in [6.45, 7) is 34.1. The maximum absolute atomic E-state index is 13.6. The summed E-state index contributed by atoms with van der Waals surface area (Å²) in [5.41, 5.74) is 7.67. The maximum atomic E-state index is 13.6. The van der Waals surface area contributed by atoms with Crippen LogP contribution in [0.1, 0.15) is 121 Å². The van der Waals surface area contributed by atoms with Gasteiger partial charge in [0.2, 0.25) is 0 Å². The zero-order chi connectivity index (χ0) is 40.1. The van der Waals surface area contributed by atoms with Crippen LogP contribution in [0, 0.1) is 68.7 Å². The van der Waals surface area contributed by atoms with E-state index < -0.39 is 22.8 Å². The largest absolute Gasteiger partial charge is 0.481 e. The number of benzene rings is 1. The van der Waals surface area contributed by atoms with Crippen molar-refractivity contribution < 1.29 is 19.4 Å². The van der Waals surface area contributed by atoms with Crippen LogP contribution in [0.5, 0.6) is 0 Å². The molecule has 4 aliphatic carbocycles. The van der Waals surface area contributed by atoms with Crippen LogP contribution in [-0.2, 0) is 14.3 Å². The molecule has 12 atom stereocenters. The molecule has 0 amide bonds. The maximum Gasteiger partial charge on any atom is 0.307 e. The lowest BCUT2D eigenvalue weighted by molar-refractivity contribution is -0.253. The highest BCUT2D eigenvalue weighted by Crippen LogP contribution is 2.75. The van der Waals surface area contributed by atoms with Crippen molar-refractivity contribution in [3.63, 3.8) is 0 Å². The summed E-state index contributed by atoms with van der Waals surface area (Å²) in [4.78, 5) is 22.1. The summed E-state index contributed by atoms with van der Waals surface area (Å²) >= 11 is 0. The Balaban J connectivity index is 1.36. The third-order valence-electron chi connectivity index (χ3n) is 17.5. The smallest absolute Gasteiger partial charge is 0.307 e. The Morgan fingerprint density at radius 2 is 1.84 bits per heavy atom. The molecule has 0 spiro atoms. The van der Waals surface area contributed by atoms with Crippen molar-refractivity contribution in [1.82, 2.24) is 14.8 Å². The van der Waals surface area contributed by atoms with Gasteiger partial charge in [0.25, 0.3) is 0 Å². The monoisotopic (exact) mass is 754 g/mol. The molecule has 1 aromatic heterocycles. The number of hydrogen-bond donors (Lipinski definition) is 2.